The highest BCUT2D eigenvalue weighted by atomic mass is 19.4. The Bertz CT molecular complexity index is 3150. The first-order valence-electron chi connectivity index (χ1n) is 27.7. The minimum atomic E-state index is -5.28. The summed E-state index contributed by atoms with van der Waals surface area (Å²) in [4.78, 5) is 82.1. The Hall–Kier alpha value is -7.82. The number of fused-ring (bicyclic) bond motifs is 2. The van der Waals surface area contributed by atoms with Crippen LogP contribution in [0.1, 0.15) is 83.2 Å². The van der Waals surface area contributed by atoms with E-state index in [4.69, 9.17) is 15.2 Å². The molecule has 3 aliphatic heterocycles. The number of aromatic nitrogens is 4. The molecule has 0 radical (unpaired) electrons. The number of ether oxygens (including phenoxy) is 4. The molecule has 7 unspecified atom stereocenters. The number of halogens is 10. The number of hydrazine groups is 1. The third-order valence-corrected chi connectivity index (χ3v) is 15.9. The second-order valence-electron chi connectivity index (χ2n) is 23.0. The average Bonchev–Trinajstić information content (AvgIpc) is 2.08. The number of piperazine rings is 1. The van der Waals surface area contributed by atoms with Crippen molar-refractivity contribution in [3.05, 3.63) is 94.9 Å². The fraction of sp³-hybridized carbons (Fsp3) is 0.544. The van der Waals surface area contributed by atoms with E-state index in [1.54, 1.807) is 17.7 Å². The zero-order valence-electron chi connectivity index (χ0n) is 49.1. The smallest absolute Gasteiger partial charge is 0.407 e. The molecule has 3 fully saturated rings. The number of nitrogens with one attached hydrogen (secondary N) is 4. The summed E-state index contributed by atoms with van der Waals surface area (Å²) in [6.45, 7) is 2.62. The van der Waals surface area contributed by atoms with Crippen LogP contribution < -0.4 is 32.0 Å². The Kier molecular flexibility index (Phi) is 21.3. The number of anilines is 1. The van der Waals surface area contributed by atoms with Crippen LogP contribution in [-0.2, 0) is 46.3 Å². The third kappa shape index (κ3) is 15.9. The molecule has 6 N–H and O–H groups in total. The van der Waals surface area contributed by atoms with Gasteiger partial charge in [-0.2, -0.15) is 40.2 Å². The SMILES string of the molecule is COC(=O)NC(C(=O)NC(Cc1ccc(C#Cc2cnc(N3CC4CCC(C3)N4C3COC3)nc2)cc1)C(CN(Cc1c(F)cc(-c2ccn(C(F)F)n2)cc1F)NC(=O)C(NC(=O)OC)C(C)(C)C(F)(F)F)OC(=O)C(N)C(C)C)C(C)(C)C(F)(F)F. The lowest BCUT2D eigenvalue weighted by atomic mass is 9.82. The zero-order valence-corrected chi connectivity index (χ0v) is 49.1. The van der Waals surface area contributed by atoms with Gasteiger partial charge in [0.15, 0.2) is 0 Å². The van der Waals surface area contributed by atoms with Gasteiger partial charge in [-0.3, -0.25) is 24.7 Å². The maximum Gasteiger partial charge on any atom is 0.407 e. The zero-order chi connectivity index (χ0) is 64.8. The van der Waals surface area contributed by atoms with Gasteiger partial charge in [0, 0.05) is 67.0 Å². The number of methoxy groups -OCH3 is 2. The molecule has 88 heavy (non-hydrogen) atoms. The molecule has 31 heteroatoms. The normalized spacial score (nSPS) is 18.3. The van der Waals surface area contributed by atoms with E-state index >= 15 is 8.78 Å². The van der Waals surface area contributed by atoms with Gasteiger partial charge < -0.3 is 45.5 Å². The first kappa shape index (κ1) is 67.7. The van der Waals surface area contributed by atoms with Gasteiger partial charge in [-0.1, -0.05) is 37.8 Å². The number of nitrogens with two attached hydrogens (primary N) is 1. The van der Waals surface area contributed by atoms with E-state index in [-0.39, 0.29) is 21.5 Å². The molecule has 4 aromatic rings. The van der Waals surface area contributed by atoms with Gasteiger partial charge in [-0.15, -0.1) is 0 Å². The highest BCUT2D eigenvalue weighted by molar-refractivity contribution is 5.87. The lowest BCUT2D eigenvalue weighted by Crippen LogP contribution is -2.64. The van der Waals surface area contributed by atoms with Gasteiger partial charge in [0.25, 0.3) is 5.91 Å². The maximum atomic E-state index is 16.4. The standard InChI is InChI=1S/C57H68F10N12O9/c1-30(2)44(68)49(82)88-43(27-77(75-48(81)46(73-53(84)86-8)55(5,6)57(65,66)67)26-38-39(58)20-34(21-40(38)59)41-17-18-78(74-41)50(60)61)42(71-47(80)45(72-52(83)85-7)54(3,4)56(62,63)64)19-32-12-9-31(10-13-32)11-14-33-22-69-51(70-23-33)76-24-35-15-16-36(25-76)79(35)37-28-87-29-37/h9-10,12-13,17-18,20-23,30,35-37,42-46,50H,15-16,19,24-29,68H2,1-8H3,(H,71,80)(H,72,83)(H,73,84)(H,75,81). The Labute approximate surface area is 499 Å². The summed E-state index contributed by atoms with van der Waals surface area (Å²) in [6, 6.07) is 0.855. The topological polar surface area (TPSA) is 250 Å². The summed E-state index contributed by atoms with van der Waals surface area (Å²) >= 11 is 0. The number of rotatable bonds is 22. The van der Waals surface area contributed by atoms with Crippen molar-refractivity contribution in [3.8, 4) is 23.1 Å². The maximum absolute atomic E-state index is 16.4. The van der Waals surface area contributed by atoms with Gasteiger partial charge in [0.1, 0.15) is 35.9 Å². The lowest BCUT2D eigenvalue weighted by molar-refractivity contribution is -0.221. The lowest BCUT2D eigenvalue weighted by Gasteiger charge is -2.47. The molecular formula is C57H68F10N12O9. The first-order valence-corrected chi connectivity index (χ1v) is 27.7. The minimum Gasteiger partial charge on any atom is -0.458 e. The van der Waals surface area contributed by atoms with E-state index in [1.807, 2.05) is 5.32 Å². The molecule has 3 aliphatic rings. The number of hydrogen-bond acceptors (Lipinski definition) is 16. The van der Waals surface area contributed by atoms with Gasteiger partial charge in [0.05, 0.1) is 68.1 Å². The second kappa shape index (κ2) is 27.7. The molecule has 4 amide bonds. The Balaban J connectivity index is 1.28. The van der Waals surface area contributed by atoms with Crippen LogP contribution in [0, 0.1) is 40.2 Å². The highest BCUT2D eigenvalue weighted by Crippen LogP contribution is 2.42. The first-order chi connectivity index (χ1) is 41.2. The van der Waals surface area contributed by atoms with Crippen LogP contribution in [0.4, 0.5) is 59.4 Å². The van der Waals surface area contributed by atoms with Crippen LogP contribution in [-0.4, -0.2) is 167 Å². The molecule has 7 atom stereocenters. The molecule has 2 bridgehead atoms. The average molecular weight is 1260 g/mol. The minimum absolute atomic E-state index is 0.188. The molecule has 21 nitrogen and oxygen atoms in total. The van der Waals surface area contributed by atoms with Crippen molar-refractivity contribution in [1.82, 2.24) is 51.0 Å². The van der Waals surface area contributed by atoms with Gasteiger partial charge in [-0.05, 0) is 88.8 Å². The molecule has 5 heterocycles. The van der Waals surface area contributed by atoms with Crippen molar-refractivity contribution in [3.63, 3.8) is 0 Å². The quantitative estimate of drug-likeness (QED) is 0.0184. The van der Waals surface area contributed by atoms with E-state index in [0.717, 1.165) is 65.6 Å². The summed E-state index contributed by atoms with van der Waals surface area (Å²) in [5.74, 6) is -1.71. The van der Waals surface area contributed by atoms with Crippen LogP contribution >= 0.6 is 0 Å². The largest absolute Gasteiger partial charge is 0.458 e. The fourth-order valence-electron chi connectivity index (χ4n) is 10.2. The number of benzene rings is 2. The Morgan fingerprint density at radius 3 is 1.78 bits per heavy atom. The third-order valence-electron chi connectivity index (χ3n) is 15.9. The van der Waals surface area contributed by atoms with Crippen molar-refractivity contribution >= 4 is 35.9 Å². The van der Waals surface area contributed by atoms with Crippen LogP contribution in [0.3, 0.4) is 0 Å². The van der Waals surface area contributed by atoms with Crippen molar-refractivity contribution in [2.24, 2.45) is 22.5 Å². The number of nitrogens with zero attached hydrogens (tertiary/aromatic N) is 7. The van der Waals surface area contributed by atoms with Crippen molar-refractivity contribution in [2.45, 2.75) is 135 Å². The Morgan fingerprint density at radius 2 is 1.31 bits per heavy atom. The second-order valence-corrected chi connectivity index (χ2v) is 23.0. The molecule has 0 spiro atoms. The van der Waals surface area contributed by atoms with Gasteiger partial charge in [-0.25, -0.2) is 38.0 Å². The Morgan fingerprint density at radius 1 is 0.773 bits per heavy atom. The summed E-state index contributed by atoms with van der Waals surface area (Å²) < 4.78 is 169. The number of alkyl carbamates (subject to hydrolysis) is 2. The van der Waals surface area contributed by atoms with Crippen molar-refractivity contribution in [1.29, 1.82) is 0 Å². The van der Waals surface area contributed by atoms with E-state index in [1.165, 1.54) is 38.1 Å². The van der Waals surface area contributed by atoms with E-state index in [9.17, 15) is 59.1 Å². The summed E-state index contributed by atoms with van der Waals surface area (Å²) in [5.41, 5.74) is 1.38. The predicted octanol–water partition coefficient (Wildman–Crippen LogP) is 6.55. The monoisotopic (exact) mass is 1250 g/mol. The molecule has 480 valence electrons. The molecule has 7 rings (SSSR count). The van der Waals surface area contributed by atoms with Crippen LogP contribution in [0.5, 0.6) is 0 Å². The number of carbonyl (C=O) groups excluding carboxylic acids is 5. The molecule has 0 aliphatic carbocycles. The van der Waals surface area contributed by atoms with E-state index in [0.29, 0.717) is 80.0 Å². The number of esters is 1. The number of alkyl halides is 8. The molecule has 3 saturated heterocycles. The van der Waals surface area contributed by atoms with E-state index in [2.05, 4.69) is 56.9 Å². The van der Waals surface area contributed by atoms with Crippen molar-refractivity contribution < 1.29 is 86.8 Å². The summed E-state index contributed by atoms with van der Waals surface area (Å²) in [6.07, 6.45) is -10.1. The van der Waals surface area contributed by atoms with Crippen LogP contribution in [0.2, 0.25) is 0 Å². The summed E-state index contributed by atoms with van der Waals surface area (Å²) in [7, 11) is 1.58. The highest BCUT2D eigenvalue weighted by Gasteiger charge is 2.57. The van der Waals surface area contributed by atoms with E-state index < -0.39 is 133 Å². The van der Waals surface area contributed by atoms with Gasteiger partial charge in [0.2, 0.25) is 11.9 Å². The number of carbonyl (C=O) groups is 5. The molecule has 2 aromatic carbocycles. The predicted molar refractivity (Wildman–Crippen MR) is 294 cm³/mol. The fourth-order valence-corrected chi connectivity index (χ4v) is 10.2. The number of amides is 4. The van der Waals surface area contributed by atoms with Crippen molar-refractivity contribution in [2.75, 3.05) is 52.0 Å². The summed E-state index contributed by atoms with van der Waals surface area (Å²) in [5, 5.41) is 10.2. The molecule has 2 aromatic heterocycles. The van der Waals surface area contributed by atoms with Crippen LogP contribution in [0.15, 0.2) is 61.1 Å². The molecule has 0 saturated carbocycles. The van der Waals surface area contributed by atoms with Gasteiger partial charge >= 0.3 is 37.1 Å². The van der Waals surface area contributed by atoms with Crippen LogP contribution in [0.25, 0.3) is 11.3 Å². The molecular weight excluding hydrogens is 1190 g/mol. The number of hydrogen-bond donors (Lipinski definition) is 5.